The summed E-state index contributed by atoms with van der Waals surface area (Å²) in [7, 11) is 1.50. The maximum Gasteiger partial charge on any atom is 0.261 e. The first kappa shape index (κ1) is 15.8. The molecule has 1 rings (SSSR count). The van der Waals surface area contributed by atoms with Crippen molar-refractivity contribution in [2.24, 2.45) is 0 Å². The summed E-state index contributed by atoms with van der Waals surface area (Å²) in [6.07, 6.45) is 4.94. The largest absolute Gasteiger partial charge is 0.494 e. The Kier molecular flexibility index (Phi) is 6.91. The number of rotatable bonds is 7. The zero-order chi connectivity index (χ0) is 14.8. The van der Waals surface area contributed by atoms with E-state index in [0.717, 1.165) is 17.7 Å². The van der Waals surface area contributed by atoms with Gasteiger partial charge >= 0.3 is 0 Å². The lowest BCUT2D eigenvalue weighted by Crippen LogP contribution is -2.19. The van der Waals surface area contributed by atoms with Crippen LogP contribution < -0.4 is 10.1 Å². The molecule has 0 atom stereocenters. The van der Waals surface area contributed by atoms with Gasteiger partial charge in [-0.1, -0.05) is 31.9 Å². The Bertz CT molecular complexity index is 498. The number of amides is 1. The number of hydrogen-bond donors (Lipinski definition) is 1. The average molecular weight is 272 g/mol. The second-order valence-corrected chi connectivity index (χ2v) is 4.37. The van der Waals surface area contributed by atoms with Crippen molar-refractivity contribution in [3.05, 3.63) is 35.4 Å². The lowest BCUT2D eigenvalue weighted by molar-refractivity contribution is -0.116. The molecule has 1 aromatic rings. The van der Waals surface area contributed by atoms with Gasteiger partial charge in [-0.15, -0.1) is 0 Å². The minimum absolute atomic E-state index is 0.0871. The van der Waals surface area contributed by atoms with Crippen LogP contribution in [0.5, 0.6) is 5.75 Å². The van der Waals surface area contributed by atoms with E-state index in [4.69, 9.17) is 10.00 Å². The van der Waals surface area contributed by atoms with Crippen LogP contribution in [-0.2, 0) is 4.79 Å². The van der Waals surface area contributed by atoms with E-state index in [1.54, 1.807) is 6.08 Å². The van der Waals surface area contributed by atoms with Gasteiger partial charge in [-0.3, -0.25) is 4.79 Å². The molecule has 0 saturated carbocycles. The summed E-state index contributed by atoms with van der Waals surface area (Å²) in [5, 5.41) is 11.3. The summed E-state index contributed by atoms with van der Waals surface area (Å²) in [5.41, 5.74) is 0.884. The number of carbonyl (C=O) groups is 1. The number of hydrogen-bond acceptors (Lipinski definition) is 3. The summed E-state index contributed by atoms with van der Waals surface area (Å²) in [4.78, 5) is 11.4. The number of nitrogens with one attached hydrogen (secondary N) is 1. The van der Waals surface area contributed by atoms with Crippen LogP contribution in [0.4, 0.5) is 0 Å². The van der Waals surface area contributed by atoms with Gasteiger partial charge in [0.2, 0.25) is 0 Å². The van der Waals surface area contributed by atoms with Crippen molar-refractivity contribution in [1.29, 1.82) is 5.26 Å². The van der Waals surface area contributed by atoms with Gasteiger partial charge < -0.3 is 10.1 Å². The van der Waals surface area contributed by atoms with Gasteiger partial charge in [0.05, 0.1) is 6.61 Å². The highest BCUT2D eigenvalue weighted by molar-refractivity contribution is 6.01. The average Bonchev–Trinajstić information content (AvgIpc) is 2.49. The fourth-order valence-electron chi connectivity index (χ4n) is 1.65. The maximum absolute atomic E-state index is 11.4. The SMILES string of the molecule is CCCCCOc1ccc(/C=C(\C#N)C(=O)NC)cc1. The molecule has 0 bridgehead atoms. The van der Waals surface area contributed by atoms with Gasteiger partial charge in [-0.2, -0.15) is 5.26 Å². The minimum atomic E-state index is -0.382. The molecule has 0 aromatic heterocycles. The third-order valence-electron chi connectivity index (χ3n) is 2.80. The molecule has 0 fully saturated rings. The fourth-order valence-corrected chi connectivity index (χ4v) is 1.65. The number of ether oxygens (including phenoxy) is 1. The second-order valence-electron chi connectivity index (χ2n) is 4.37. The molecule has 0 saturated heterocycles. The Morgan fingerprint density at radius 1 is 1.35 bits per heavy atom. The molecular formula is C16H20N2O2. The van der Waals surface area contributed by atoms with Crippen molar-refractivity contribution < 1.29 is 9.53 Å². The molecule has 0 heterocycles. The van der Waals surface area contributed by atoms with E-state index in [2.05, 4.69) is 12.2 Å². The Labute approximate surface area is 120 Å². The molecule has 0 aliphatic heterocycles. The van der Waals surface area contributed by atoms with Crippen LogP contribution in [0.3, 0.4) is 0 Å². The molecule has 20 heavy (non-hydrogen) atoms. The van der Waals surface area contributed by atoms with Gasteiger partial charge in [-0.25, -0.2) is 0 Å². The van der Waals surface area contributed by atoms with Gasteiger partial charge in [-0.05, 0) is 30.2 Å². The molecule has 0 aliphatic carbocycles. The standard InChI is InChI=1S/C16H20N2O2/c1-3-4-5-10-20-15-8-6-13(7-9-15)11-14(12-17)16(19)18-2/h6-9,11H,3-5,10H2,1-2H3,(H,18,19)/b14-11+. The van der Waals surface area contributed by atoms with Gasteiger partial charge in [0, 0.05) is 7.05 Å². The van der Waals surface area contributed by atoms with Crippen LogP contribution in [0.25, 0.3) is 6.08 Å². The van der Waals surface area contributed by atoms with E-state index in [1.807, 2.05) is 30.3 Å². The van der Waals surface area contributed by atoms with Crippen LogP contribution in [0, 0.1) is 11.3 Å². The number of benzene rings is 1. The quantitative estimate of drug-likeness (QED) is 0.471. The van der Waals surface area contributed by atoms with Crippen LogP contribution in [-0.4, -0.2) is 19.6 Å². The van der Waals surface area contributed by atoms with E-state index < -0.39 is 0 Å². The van der Waals surface area contributed by atoms with Gasteiger partial charge in [0.25, 0.3) is 5.91 Å². The van der Waals surface area contributed by atoms with Gasteiger partial charge in [0.1, 0.15) is 17.4 Å². The minimum Gasteiger partial charge on any atom is -0.494 e. The molecule has 0 radical (unpaired) electrons. The summed E-state index contributed by atoms with van der Waals surface area (Å²) in [6.45, 7) is 2.87. The van der Waals surface area contributed by atoms with E-state index in [-0.39, 0.29) is 11.5 Å². The lowest BCUT2D eigenvalue weighted by Gasteiger charge is -2.05. The molecule has 0 unspecified atom stereocenters. The number of likely N-dealkylation sites (N-methyl/N-ethyl adjacent to an activating group) is 1. The topological polar surface area (TPSA) is 62.1 Å². The summed E-state index contributed by atoms with van der Waals surface area (Å²) in [6, 6.07) is 9.23. The number of unbranched alkanes of at least 4 members (excludes halogenated alkanes) is 2. The molecule has 0 spiro atoms. The maximum atomic E-state index is 11.4. The fraction of sp³-hybridized carbons (Fsp3) is 0.375. The van der Waals surface area contributed by atoms with E-state index in [1.165, 1.54) is 19.9 Å². The Balaban J connectivity index is 2.64. The highest BCUT2D eigenvalue weighted by Gasteiger charge is 2.05. The summed E-state index contributed by atoms with van der Waals surface area (Å²) in [5.74, 6) is 0.420. The Hall–Kier alpha value is -2.28. The summed E-state index contributed by atoms with van der Waals surface area (Å²) >= 11 is 0. The molecule has 1 amide bonds. The van der Waals surface area contributed by atoms with Crippen molar-refractivity contribution in [3.63, 3.8) is 0 Å². The van der Waals surface area contributed by atoms with Crippen molar-refractivity contribution in [1.82, 2.24) is 5.32 Å². The second kappa shape index (κ2) is 8.76. The highest BCUT2D eigenvalue weighted by atomic mass is 16.5. The van der Waals surface area contributed by atoms with Crippen molar-refractivity contribution >= 4 is 12.0 Å². The predicted octanol–water partition coefficient (Wildman–Crippen LogP) is 2.91. The zero-order valence-electron chi connectivity index (χ0n) is 12.0. The molecule has 4 nitrogen and oxygen atoms in total. The van der Waals surface area contributed by atoms with Crippen LogP contribution in [0.2, 0.25) is 0 Å². The van der Waals surface area contributed by atoms with Crippen molar-refractivity contribution in [3.8, 4) is 11.8 Å². The van der Waals surface area contributed by atoms with Crippen molar-refractivity contribution in [2.45, 2.75) is 26.2 Å². The lowest BCUT2D eigenvalue weighted by atomic mass is 10.1. The van der Waals surface area contributed by atoms with E-state index in [0.29, 0.717) is 6.61 Å². The summed E-state index contributed by atoms with van der Waals surface area (Å²) < 4.78 is 5.60. The first-order valence-electron chi connectivity index (χ1n) is 6.78. The molecule has 1 aromatic carbocycles. The van der Waals surface area contributed by atoms with Gasteiger partial charge in [0.15, 0.2) is 0 Å². The Morgan fingerprint density at radius 3 is 2.60 bits per heavy atom. The first-order chi connectivity index (χ1) is 9.71. The monoisotopic (exact) mass is 272 g/mol. The third-order valence-corrected chi connectivity index (χ3v) is 2.80. The number of carbonyl (C=O) groups excluding carboxylic acids is 1. The zero-order valence-corrected chi connectivity index (χ0v) is 12.0. The van der Waals surface area contributed by atoms with Crippen LogP contribution >= 0.6 is 0 Å². The molecule has 106 valence electrons. The molecular weight excluding hydrogens is 252 g/mol. The van der Waals surface area contributed by atoms with E-state index >= 15 is 0 Å². The predicted molar refractivity (Wildman–Crippen MR) is 79.1 cm³/mol. The molecule has 4 heteroatoms. The normalized spacial score (nSPS) is 10.8. The van der Waals surface area contributed by atoms with Crippen LogP contribution in [0.1, 0.15) is 31.7 Å². The first-order valence-corrected chi connectivity index (χ1v) is 6.78. The molecule has 1 N–H and O–H groups in total. The Morgan fingerprint density at radius 2 is 2.05 bits per heavy atom. The third kappa shape index (κ3) is 5.15. The van der Waals surface area contributed by atoms with Crippen molar-refractivity contribution in [2.75, 3.05) is 13.7 Å². The highest BCUT2D eigenvalue weighted by Crippen LogP contribution is 2.15. The van der Waals surface area contributed by atoms with E-state index in [9.17, 15) is 4.79 Å². The number of nitrogens with zero attached hydrogens (tertiary/aromatic N) is 1. The molecule has 0 aliphatic rings. The van der Waals surface area contributed by atoms with Crippen LogP contribution in [0.15, 0.2) is 29.8 Å². The smallest absolute Gasteiger partial charge is 0.261 e. The number of nitriles is 1.